The van der Waals surface area contributed by atoms with Gasteiger partial charge in [-0.3, -0.25) is 10.1 Å². The molecule has 2 aromatic carbocycles. The van der Waals surface area contributed by atoms with E-state index in [-0.39, 0.29) is 35.6 Å². The summed E-state index contributed by atoms with van der Waals surface area (Å²) in [5.74, 6) is 0.195. The van der Waals surface area contributed by atoms with Crippen LogP contribution < -0.4 is 4.74 Å². The van der Waals surface area contributed by atoms with E-state index in [1.54, 1.807) is 13.0 Å². The van der Waals surface area contributed by atoms with Crippen LogP contribution in [-0.2, 0) is 6.61 Å². The van der Waals surface area contributed by atoms with E-state index in [1.807, 2.05) is 0 Å². The fourth-order valence-electron chi connectivity index (χ4n) is 2.06. The molecule has 3 rings (SSSR count). The molecule has 3 aromatic rings. The molecular weight excluding hydrogens is 317 g/mol. The summed E-state index contributed by atoms with van der Waals surface area (Å²) < 4.78 is 23.4. The average Bonchev–Trinajstić information content (AvgIpc) is 3.03. The molecule has 0 unspecified atom stereocenters. The number of nitro groups is 1. The van der Waals surface area contributed by atoms with Crippen molar-refractivity contribution in [2.75, 3.05) is 0 Å². The van der Waals surface area contributed by atoms with Crippen molar-refractivity contribution in [1.29, 1.82) is 0 Å². The number of hydrogen-bond donors (Lipinski definition) is 0. The van der Waals surface area contributed by atoms with E-state index in [2.05, 4.69) is 10.1 Å². The fourth-order valence-corrected chi connectivity index (χ4v) is 2.06. The molecule has 7 nitrogen and oxygen atoms in total. The zero-order chi connectivity index (χ0) is 17.1. The van der Waals surface area contributed by atoms with Crippen molar-refractivity contribution in [2.24, 2.45) is 0 Å². The molecule has 0 aliphatic carbocycles. The molecule has 0 bridgehead atoms. The predicted octanol–water partition coefficient (Wildman–Crippen LogP) is 3.67. The molecule has 1 heterocycles. The van der Waals surface area contributed by atoms with E-state index in [9.17, 15) is 14.5 Å². The fraction of sp³-hybridized carbons (Fsp3) is 0.125. The maximum absolute atomic E-state index is 12.9. The van der Waals surface area contributed by atoms with Gasteiger partial charge in [0.1, 0.15) is 5.82 Å². The van der Waals surface area contributed by atoms with E-state index >= 15 is 0 Å². The van der Waals surface area contributed by atoms with Gasteiger partial charge in [0.15, 0.2) is 12.4 Å². The SMILES string of the molecule is Cc1ccc(OCc2nc(-c3ccc(F)cc3)no2)c([N+](=O)[O-])c1. The van der Waals surface area contributed by atoms with E-state index in [0.29, 0.717) is 5.56 Å². The van der Waals surface area contributed by atoms with Gasteiger partial charge in [0, 0.05) is 11.6 Å². The van der Waals surface area contributed by atoms with Gasteiger partial charge >= 0.3 is 5.69 Å². The number of nitrogens with zero attached hydrogens (tertiary/aromatic N) is 3. The normalized spacial score (nSPS) is 10.6. The summed E-state index contributed by atoms with van der Waals surface area (Å²) >= 11 is 0. The molecule has 0 saturated carbocycles. The van der Waals surface area contributed by atoms with Gasteiger partial charge in [-0.15, -0.1) is 0 Å². The number of halogens is 1. The Hall–Kier alpha value is -3.29. The van der Waals surface area contributed by atoms with Crippen molar-refractivity contribution in [3.8, 4) is 17.1 Å². The molecule has 0 aliphatic rings. The second-order valence-electron chi connectivity index (χ2n) is 5.04. The van der Waals surface area contributed by atoms with E-state index in [4.69, 9.17) is 9.26 Å². The van der Waals surface area contributed by atoms with Crippen LogP contribution in [0.2, 0.25) is 0 Å². The van der Waals surface area contributed by atoms with Gasteiger partial charge in [-0.25, -0.2) is 4.39 Å². The molecule has 0 fully saturated rings. The lowest BCUT2D eigenvalue weighted by molar-refractivity contribution is -0.386. The summed E-state index contributed by atoms with van der Waals surface area (Å²) in [5, 5.41) is 14.8. The third-order valence-electron chi connectivity index (χ3n) is 3.23. The minimum Gasteiger partial charge on any atom is -0.477 e. The average molecular weight is 329 g/mol. The topological polar surface area (TPSA) is 91.3 Å². The van der Waals surface area contributed by atoms with Crippen LogP contribution in [0.5, 0.6) is 5.75 Å². The molecule has 0 atom stereocenters. The number of aryl methyl sites for hydroxylation is 1. The summed E-state index contributed by atoms with van der Waals surface area (Å²) in [6, 6.07) is 10.3. The maximum atomic E-state index is 12.9. The van der Waals surface area contributed by atoms with Crippen molar-refractivity contribution in [3.05, 3.63) is 69.9 Å². The Morgan fingerprint density at radius 1 is 1.25 bits per heavy atom. The summed E-state index contributed by atoms with van der Waals surface area (Å²) in [4.78, 5) is 14.7. The van der Waals surface area contributed by atoms with E-state index in [0.717, 1.165) is 5.56 Å². The molecule has 1 aromatic heterocycles. The Kier molecular flexibility index (Phi) is 4.19. The van der Waals surface area contributed by atoms with Gasteiger partial charge in [-0.2, -0.15) is 4.98 Å². The highest BCUT2D eigenvalue weighted by Crippen LogP contribution is 2.28. The maximum Gasteiger partial charge on any atom is 0.311 e. The molecule has 0 N–H and O–H groups in total. The molecule has 0 spiro atoms. The van der Waals surface area contributed by atoms with E-state index in [1.165, 1.54) is 36.4 Å². The van der Waals surface area contributed by atoms with Gasteiger partial charge in [0.2, 0.25) is 5.82 Å². The number of hydrogen-bond acceptors (Lipinski definition) is 6. The summed E-state index contributed by atoms with van der Waals surface area (Å²) in [6.07, 6.45) is 0. The van der Waals surface area contributed by atoms with Crippen LogP contribution >= 0.6 is 0 Å². The Morgan fingerprint density at radius 2 is 2.00 bits per heavy atom. The molecule has 122 valence electrons. The molecule has 8 heteroatoms. The number of ether oxygens (including phenoxy) is 1. The highest BCUT2D eigenvalue weighted by molar-refractivity contribution is 5.53. The molecular formula is C16H12FN3O4. The Labute approximate surface area is 135 Å². The summed E-state index contributed by atoms with van der Waals surface area (Å²) in [6.45, 7) is 1.64. The van der Waals surface area contributed by atoms with Gasteiger partial charge in [-0.1, -0.05) is 11.2 Å². The number of aromatic nitrogens is 2. The molecule has 24 heavy (non-hydrogen) atoms. The van der Waals surface area contributed by atoms with Crippen molar-refractivity contribution in [2.45, 2.75) is 13.5 Å². The number of benzene rings is 2. The van der Waals surface area contributed by atoms with Crippen LogP contribution in [-0.4, -0.2) is 15.1 Å². The Balaban J connectivity index is 1.74. The van der Waals surface area contributed by atoms with Gasteiger partial charge in [0.05, 0.1) is 4.92 Å². The lowest BCUT2D eigenvalue weighted by Crippen LogP contribution is -1.99. The second-order valence-corrected chi connectivity index (χ2v) is 5.04. The van der Waals surface area contributed by atoms with Gasteiger partial charge in [-0.05, 0) is 42.8 Å². The molecule has 0 aliphatic heterocycles. The number of rotatable bonds is 5. The number of nitro benzene ring substituents is 1. The van der Waals surface area contributed by atoms with Crippen LogP contribution in [0.3, 0.4) is 0 Å². The minimum atomic E-state index is -0.514. The quantitative estimate of drug-likeness (QED) is 0.524. The van der Waals surface area contributed by atoms with E-state index < -0.39 is 4.92 Å². The zero-order valence-electron chi connectivity index (χ0n) is 12.6. The van der Waals surface area contributed by atoms with Crippen LogP contribution in [0.25, 0.3) is 11.4 Å². The Morgan fingerprint density at radius 3 is 2.71 bits per heavy atom. The standard InChI is InChI=1S/C16H12FN3O4/c1-10-2-7-14(13(8-10)20(21)22)23-9-15-18-16(19-24-15)11-3-5-12(17)6-4-11/h2-8H,9H2,1H3. The van der Waals surface area contributed by atoms with Gasteiger partial charge in [0.25, 0.3) is 5.89 Å². The highest BCUT2D eigenvalue weighted by Gasteiger charge is 2.17. The van der Waals surface area contributed by atoms with Gasteiger partial charge < -0.3 is 9.26 Å². The third-order valence-corrected chi connectivity index (χ3v) is 3.23. The largest absolute Gasteiger partial charge is 0.477 e. The first-order valence-electron chi connectivity index (χ1n) is 6.99. The van der Waals surface area contributed by atoms with Crippen molar-refractivity contribution >= 4 is 5.69 Å². The molecule has 0 amide bonds. The van der Waals surface area contributed by atoms with Crippen molar-refractivity contribution in [3.63, 3.8) is 0 Å². The smallest absolute Gasteiger partial charge is 0.311 e. The molecule has 0 radical (unpaired) electrons. The first-order valence-corrected chi connectivity index (χ1v) is 6.99. The lowest BCUT2D eigenvalue weighted by atomic mass is 10.2. The minimum absolute atomic E-state index is 0.113. The van der Waals surface area contributed by atoms with Crippen LogP contribution in [0.15, 0.2) is 47.0 Å². The second kappa shape index (κ2) is 6.45. The van der Waals surface area contributed by atoms with Crippen LogP contribution in [0.1, 0.15) is 11.5 Å². The van der Waals surface area contributed by atoms with Crippen molar-refractivity contribution in [1.82, 2.24) is 10.1 Å². The lowest BCUT2D eigenvalue weighted by Gasteiger charge is -2.04. The highest BCUT2D eigenvalue weighted by atomic mass is 19.1. The zero-order valence-corrected chi connectivity index (χ0v) is 12.6. The van der Waals surface area contributed by atoms with Crippen LogP contribution in [0.4, 0.5) is 10.1 Å². The predicted molar refractivity (Wildman–Crippen MR) is 81.9 cm³/mol. The first-order chi connectivity index (χ1) is 11.5. The Bertz CT molecular complexity index is 877. The summed E-state index contributed by atoms with van der Waals surface area (Å²) in [5.41, 5.74) is 1.21. The van der Waals surface area contributed by atoms with Crippen molar-refractivity contribution < 1.29 is 18.6 Å². The molecule has 0 saturated heterocycles. The third kappa shape index (κ3) is 3.37. The monoisotopic (exact) mass is 329 g/mol. The van der Waals surface area contributed by atoms with Crippen LogP contribution in [0, 0.1) is 22.9 Å². The first kappa shape index (κ1) is 15.6. The summed E-state index contributed by atoms with van der Waals surface area (Å²) in [7, 11) is 0.